The van der Waals surface area contributed by atoms with Crippen molar-refractivity contribution in [2.24, 2.45) is 0 Å². The summed E-state index contributed by atoms with van der Waals surface area (Å²) in [5.74, 6) is -0.466. The van der Waals surface area contributed by atoms with Crippen LogP contribution in [0.3, 0.4) is 0 Å². The molecule has 1 amide bonds. The van der Waals surface area contributed by atoms with Crippen molar-refractivity contribution in [3.63, 3.8) is 0 Å². The van der Waals surface area contributed by atoms with Gasteiger partial charge in [0.1, 0.15) is 5.15 Å². The molecule has 1 aromatic heterocycles. The first-order chi connectivity index (χ1) is 9.86. The van der Waals surface area contributed by atoms with Crippen LogP contribution in [-0.2, 0) is 0 Å². The van der Waals surface area contributed by atoms with Gasteiger partial charge < -0.3 is 5.32 Å². The molecule has 2 rings (SSSR count). The molecule has 0 bridgehead atoms. The average molecular weight is 371 g/mol. The number of anilines is 1. The van der Waals surface area contributed by atoms with Gasteiger partial charge in [-0.1, -0.05) is 27.5 Å². The smallest absolute Gasteiger partial charge is 0.271 e. The van der Waals surface area contributed by atoms with Gasteiger partial charge in [0.05, 0.1) is 16.3 Å². The standard InChI is InChI=1S/C13H9BrClN3O3/c1-7-11(2-3-12(15)16-7)17-13(19)8-4-9(14)6-10(5-8)18(20)21/h2-6H,1H3,(H,17,19). The Balaban J connectivity index is 2.30. The topological polar surface area (TPSA) is 85.1 Å². The SMILES string of the molecule is Cc1nc(Cl)ccc1NC(=O)c1cc(Br)cc([N+](=O)[O-])c1. The number of halogens is 2. The van der Waals surface area contributed by atoms with Crippen molar-refractivity contribution in [1.29, 1.82) is 0 Å². The van der Waals surface area contributed by atoms with Crippen LogP contribution in [-0.4, -0.2) is 15.8 Å². The Kier molecular flexibility index (Phi) is 4.54. The molecule has 0 unspecified atom stereocenters. The number of nitro benzene ring substituents is 1. The Morgan fingerprint density at radius 3 is 2.71 bits per heavy atom. The van der Waals surface area contributed by atoms with Crippen molar-refractivity contribution in [2.75, 3.05) is 5.32 Å². The highest BCUT2D eigenvalue weighted by Gasteiger charge is 2.15. The van der Waals surface area contributed by atoms with E-state index in [1.54, 1.807) is 19.1 Å². The minimum atomic E-state index is -0.559. The summed E-state index contributed by atoms with van der Waals surface area (Å²) in [7, 11) is 0. The molecule has 0 aliphatic heterocycles. The van der Waals surface area contributed by atoms with Crippen molar-refractivity contribution in [3.05, 3.63) is 61.3 Å². The summed E-state index contributed by atoms with van der Waals surface area (Å²) >= 11 is 8.89. The molecule has 1 N–H and O–H groups in total. The number of amides is 1. The zero-order valence-corrected chi connectivity index (χ0v) is 13.1. The molecule has 0 aliphatic rings. The lowest BCUT2D eigenvalue weighted by Gasteiger charge is -2.08. The van der Waals surface area contributed by atoms with Gasteiger partial charge in [0.25, 0.3) is 11.6 Å². The Morgan fingerprint density at radius 1 is 1.38 bits per heavy atom. The fourth-order valence-corrected chi connectivity index (χ4v) is 2.34. The van der Waals surface area contributed by atoms with E-state index in [-0.39, 0.29) is 11.3 Å². The number of pyridine rings is 1. The van der Waals surface area contributed by atoms with Crippen LogP contribution >= 0.6 is 27.5 Å². The maximum Gasteiger partial charge on any atom is 0.271 e. The first kappa shape index (κ1) is 15.4. The molecule has 0 saturated carbocycles. The van der Waals surface area contributed by atoms with Crippen LogP contribution in [0.25, 0.3) is 0 Å². The Bertz CT molecular complexity index is 737. The number of benzene rings is 1. The second-order valence-electron chi connectivity index (χ2n) is 4.18. The van der Waals surface area contributed by atoms with Crippen molar-refractivity contribution < 1.29 is 9.72 Å². The molecular formula is C13H9BrClN3O3. The summed E-state index contributed by atoms with van der Waals surface area (Å²) < 4.78 is 0.452. The summed E-state index contributed by atoms with van der Waals surface area (Å²) in [6.45, 7) is 1.70. The number of hydrogen-bond donors (Lipinski definition) is 1. The second kappa shape index (κ2) is 6.19. The number of rotatable bonds is 3. The van der Waals surface area contributed by atoms with Crippen LogP contribution in [0, 0.1) is 17.0 Å². The lowest BCUT2D eigenvalue weighted by Crippen LogP contribution is -2.13. The Labute approximate surface area is 133 Å². The van der Waals surface area contributed by atoms with Crippen molar-refractivity contribution in [3.8, 4) is 0 Å². The summed E-state index contributed by atoms with van der Waals surface area (Å²) in [5.41, 5.74) is 1.05. The van der Waals surface area contributed by atoms with Crippen LogP contribution in [0.5, 0.6) is 0 Å². The number of non-ortho nitro benzene ring substituents is 1. The van der Waals surface area contributed by atoms with E-state index >= 15 is 0 Å². The molecule has 0 radical (unpaired) electrons. The van der Waals surface area contributed by atoms with Crippen LogP contribution in [0.1, 0.15) is 16.1 Å². The van der Waals surface area contributed by atoms with E-state index in [0.29, 0.717) is 21.0 Å². The first-order valence-corrected chi connectivity index (χ1v) is 6.93. The molecule has 0 saturated heterocycles. The second-order valence-corrected chi connectivity index (χ2v) is 5.48. The number of nitrogens with zero attached hydrogens (tertiary/aromatic N) is 2. The monoisotopic (exact) mass is 369 g/mol. The summed E-state index contributed by atoms with van der Waals surface area (Å²) in [4.78, 5) is 26.4. The predicted molar refractivity (Wildman–Crippen MR) is 82.7 cm³/mol. The van der Waals surface area contributed by atoms with Gasteiger partial charge in [0, 0.05) is 22.2 Å². The third-order valence-electron chi connectivity index (χ3n) is 2.66. The van der Waals surface area contributed by atoms with Gasteiger partial charge in [-0.05, 0) is 25.1 Å². The van der Waals surface area contributed by atoms with Gasteiger partial charge in [-0.15, -0.1) is 0 Å². The summed E-state index contributed by atoms with van der Waals surface area (Å²) in [5, 5.41) is 13.8. The van der Waals surface area contributed by atoms with Crippen LogP contribution < -0.4 is 5.32 Å². The van der Waals surface area contributed by atoms with Gasteiger partial charge in [0.15, 0.2) is 0 Å². The fraction of sp³-hybridized carbons (Fsp3) is 0.0769. The van der Waals surface area contributed by atoms with Gasteiger partial charge in [-0.3, -0.25) is 14.9 Å². The molecule has 108 valence electrons. The third-order valence-corrected chi connectivity index (χ3v) is 3.32. The number of aromatic nitrogens is 1. The fourth-order valence-electron chi connectivity index (χ4n) is 1.67. The molecule has 1 aromatic carbocycles. The van der Waals surface area contributed by atoms with Crippen molar-refractivity contribution in [2.45, 2.75) is 6.92 Å². The molecule has 21 heavy (non-hydrogen) atoms. The molecular weight excluding hydrogens is 362 g/mol. The van der Waals surface area contributed by atoms with Gasteiger partial charge in [0.2, 0.25) is 0 Å². The lowest BCUT2D eigenvalue weighted by molar-refractivity contribution is -0.384. The summed E-state index contributed by atoms with van der Waals surface area (Å²) in [6.07, 6.45) is 0. The highest BCUT2D eigenvalue weighted by atomic mass is 79.9. The van der Waals surface area contributed by atoms with E-state index in [1.165, 1.54) is 18.2 Å². The largest absolute Gasteiger partial charge is 0.320 e. The zero-order valence-electron chi connectivity index (χ0n) is 10.8. The van der Waals surface area contributed by atoms with E-state index in [0.717, 1.165) is 0 Å². The van der Waals surface area contributed by atoms with E-state index in [9.17, 15) is 14.9 Å². The zero-order chi connectivity index (χ0) is 15.6. The molecule has 6 nitrogen and oxygen atoms in total. The molecule has 0 spiro atoms. The number of carbonyl (C=O) groups excluding carboxylic acids is 1. The number of carbonyl (C=O) groups is 1. The number of nitrogens with one attached hydrogen (secondary N) is 1. The lowest BCUT2D eigenvalue weighted by atomic mass is 10.2. The number of aryl methyl sites for hydroxylation is 1. The normalized spacial score (nSPS) is 10.2. The Morgan fingerprint density at radius 2 is 2.10 bits per heavy atom. The minimum Gasteiger partial charge on any atom is -0.320 e. The van der Waals surface area contributed by atoms with Gasteiger partial charge in [-0.2, -0.15) is 0 Å². The third kappa shape index (κ3) is 3.77. The van der Waals surface area contributed by atoms with Crippen LogP contribution in [0.15, 0.2) is 34.8 Å². The Hall–Kier alpha value is -1.99. The highest BCUT2D eigenvalue weighted by Crippen LogP contribution is 2.23. The quantitative estimate of drug-likeness (QED) is 0.503. The highest BCUT2D eigenvalue weighted by molar-refractivity contribution is 9.10. The van der Waals surface area contributed by atoms with E-state index in [2.05, 4.69) is 26.2 Å². The summed E-state index contributed by atoms with van der Waals surface area (Å²) in [6, 6.07) is 7.20. The maximum atomic E-state index is 12.2. The van der Waals surface area contributed by atoms with E-state index < -0.39 is 10.8 Å². The molecule has 8 heteroatoms. The number of hydrogen-bond acceptors (Lipinski definition) is 4. The van der Waals surface area contributed by atoms with Crippen molar-refractivity contribution >= 4 is 44.8 Å². The molecule has 0 aliphatic carbocycles. The van der Waals surface area contributed by atoms with Crippen LogP contribution in [0.4, 0.5) is 11.4 Å². The number of nitro groups is 1. The van der Waals surface area contributed by atoms with Gasteiger partial charge in [-0.25, -0.2) is 4.98 Å². The van der Waals surface area contributed by atoms with Gasteiger partial charge >= 0.3 is 0 Å². The molecule has 2 aromatic rings. The molecule has 0 atom stereocenters. The van der Waals surface area contributed by atoms with Crippen molar-refractivity contribution in [1.82, 2.24) is 4.98 Å². The van der Waals surface area contributed by atoms with E-state index in [1.807, 2.05) is 0 Å². The first-order valence-electron chi connectivity index (χ1n) is 5.76. The molecule has 0 fully saturated rings. The minimum absolute atomic E-state index is 0.166. The predicted octanol–water partition coefficient (Wildman–Crippen LogP) is 3.97. The van der Waals surface area contributed by atoms with Crippen LogP contribution in [0.2, 0.25) is 5.15 Å². The molecule has 1 heterocycles. The maximum absolute atomic E-state index is 12.2. The average Bonchev–Trinajstić information content (AvgIpc) is 2.41. The van der Waals surface area contributed by atoms with E-state index in [4.69, 9.17) is 11.6 Å².